The van der Waals surface area contributed by atoms with Crippen molar-refractivity contribution in [2.75, 3.05) is 32.1 Å². The number of halogens is 3. The van der Waals surface area contributed by atoms with E-state index in [2.05, 4.69) is 9.88 Å². The summed E-state index contributed by atoms with van der Waals surface area (Å²) in [4.78, 5) is 7.56. The molecule has 21 heavy (non-hydrogen) atoms. The van der Waals surface area contributed by atoms with E-state index >= 15 is 0 Å². The Balaban J connectivity index is 2.30. The number of likely N-dealkylation sites (tertiary alicyclic amines) is 1. The number of nitriles is 1. The molecule has 1 aliphatic rings. The van der Waals surface area contributed by atoms with Crippen LogP contribution < -0.4 is 4.90 Å². The molecule has 7 heteroatoms. The molecule has 1 fully saturated rings. The van der Waals surface area contributed by atoms with Crippen LogP contribution in [0.5, 0.6) is 0 Å². The number of aromatic nitrogens is 1. The van der Waals surface area contributed by atoms with Crippen molar-refractivity contribution in [2.24, 2.45) is 0 Å². The zero-order valence-corrected chi connectivity index (χ0v) is 12.0. The minimum absolute atomic E-state index is 0.101. The van der Waals surface area contributed by atoms with Gasteiger partial charge in [-0.3, -0.25) is 0 Å². The van der Waals surface area contributed by atoms with Gasteiger partial charge in [0.1, 0.15) is 17.6 Å². The second kappa shape index (κ2) is 5.90. The lowest BCUT2D eigenvalue weighted by Crippen LogP contribution is -2.42. The molecule has 0 spiro atoms. The van der Waals surface area contributed by atoms with E-state index in [-0.39, 0.29) is 17.4 Å². The Morgan fingerprint density at radius 1 is 1.33 bits per heavy atom. The molecule has 1 aromatic heterocycles. The third-order valence-electron chi connectivity index (χ3n) is 3.86. The second-order valence-corrected chi connectivity index (χ2v) is 5.32. The molecule has 0 amide bonds. The first-order chi connectivity index (χ1) is 9.82. The first-order valence-corrected chi connectivity index (χ1v) is 6.72. The molecule has 2 rings (SSSR count). The Bertz CT molecular complexity index is 542. The van der Waals surface area contributed by atoms with Gasteiger partial charge in [0.15, 0.2) is 0 Å². The van der Waals surface area contributed by atoms with E-state index in [9.17, 15) is 13.2 Å². The Labute approximate surface area is 121 Å². The number of anilines is 1. The van der Waals surface area contributed by atoms with E-state index in [1.807, 2.05) is 13.1 Å². The fraction of sp³-hybridized carbons (Fsp3) is 0.571. The molecular weight excluding hydrogens is 281 g/mol. The number of pyridine rings is 1. The lowest BCUT2D eigenvalue weighted by molar-refractivity contribution is -0.141. The molecule has 0 N–H and O–H groups in total. The summed E-state index contributed by atoms with van der Waals surface area (Å²) in [5.41, 5.74) is -0.791. The Morgan fingerprint density at radius 3 is 2.48 bits per heavy atom. The quantitative estimate of drug-likeness (QED) is 0.841. The van der Waals surface area contributed by atoms with Gasteiger partial charge in [0.2, 0.25) is 0 Å². The molecule has 1 saturated heterocycles. The van der Waals surface area contributed by atoms with Crippen molar-refractivity contribution in [3.05, 3.63) is 23.4 Å². The molecule has 1 aliphatic heterocycles. The topological polar surface area (TPSA) is 43.2 Å². The average molecular weight is 298 g/mol. The van der Waals surface area contributed by atoms with E-state index < -0.39 is 11.9 Å². The van der Waals surface area contributed by atoms with Crippen LogP contribution in [-0.4, -0.2) is 43.1 Å². The SMILES string of the molecule is CN1CCC(N(C)c2nc(C(F)(F)F)ccc2C#N)CC1. The van der Waals surface area contributed by atoms with Crippen LogP contribution in [0.4, 0.5) is 19.0 Å². The molecule has 0 saturated carbocycles. The van der Waals surface area contributed by atoms with Crippen LogP contribution in [0.1, 0.15) is 24.1 Å². The van der Waals surface area contributed by atoms with Gasteiger partial charge < -0.3 is 9.80 Å². The molecule has 1 aromatic rings. The van der Waals surface area contributed by atoms with Gasteiger partial charge in [0.05, 0.1) is 5.56 Å². The van der Waals surface area contributed by atoms with Crippen LogP contribution in [0.3, 0.4) is 0 Å². The summed E-state index contributed by atoms with van der Waals surface area (Å²) in [5, 5.41) is 9.10. The van der Waals surface area contributed by atoms with Gasteiger partial charge in [-0.05, 0) is 45.1 Å². The fourth-order valence-corrected chi connectivity index (χ4v) is 2.52. The summed E-state index contributed by atoms with van der Waals surface area (Å²) >= 11 is 0. The van der Waals surface area contributed by atoms with Gasteiger partial charge in [-0.2, -0.15) is 18.4 Å². The summed E-state index contributed by atoms with van der Waals surface area (Å²) in [6, 6.07) is 4.07. The highest BCUT2D eigenvalue weighted by Crippen LogP contribution is 2.31. The summed E-state index contributed by atoms with van der Waals surface area (Å²) in [6.07, 6.45) is -2.82. The number of alkyl halides is 3. The number of piperidine rings is 1. The van der Waals surface area contributed by atoms with Gasteiger partial charge >= 0.3 is 6.18 Å². The maximum absolute atomic E-state index is 12.8. The van der Waals surface area contributed by atoms with Crippen molar-refractivity contribution in [3.8, 4) is 6.07 Å². The fourth-order valence-electron chi connectivity index (χ4n) is 2.52. The van der Waals surface area contributed by atoms with Gasteiger partial charge in [0.25, 0.3) is 0 Å². The maximum Gasteiger partial charge on any atom is 0.433 e. The van der Waals surface area contributed by atoms with Crippen LogP contribution >= 0.6 is 0 Å². The van der Waals surface area contributed by atoms with Gasteiger partial charge in [-0.1, -0.05) is 0 Å². The summed E-state index contributed by atoms with van der Waals surface area (Å²) in [6.45, 7) is 1.77. The third kappa shape index (κ3) is 3.45. The van der Waals surface area contributed by atoms with Crippen LogP contribution in [0, 0.1) is 11.3 Å². The highest BCUT2D eigenvalue weighted by Gasteiger charge is 2.34. The van der Waals surface area contributed by atoms with E-state index in [1.54, 1.807) is 11.9 Å². The van der Waals surface area contributed by atoms with Crippen LogP contribution in [-0.2, 0) is 6.18 Å². The molecule has 0 aromatic carbocycles. The minimum Gasteiger partial charge on any atom is -0.355 e. The summed E-state index contributed by atoms with van der Waals surface area (Å²) < 4.78 is 38.4. The number of rotatable bonds is 2. The third-order valence-corrected chi connectivity index (χ3v) is 3.86. The molecule has 0 unspecified atom stereocenters. The van der Waals surface area contributed by atoms with E-state index in [0.29, 0.717) is 0 Å². The molecule has 114 valence electrons. The van der Waals surface area contributed by atoms with E-state index in [0.717, 1.165) is 32.0 Å². The van der Waals surface area contributed by atoms with Crippen LogP contribution in [0.25, 0.3) is 0 Å². The Hall–Kier alpha value is -1.81. The highest BCUT2D eigenvalue weighted by molar-refractivity contribution is 5.54. The molecule has 0 aliphatic carbocycles. The zero-order chi connectivity index (χ0) is 15.6. The maximum atomic E-state index is 12.8. The van der Waals surface area contributed by atoms with Crippen molar-refractivity contribution in [1.82, 2.24) is 9.88 Å². The van der Waals surface area contributed by atoms with Gasteiger partial charge in [0, 0.05) is 13.1 Å². The summed E-state index contributed by atoms with van der Waals surface area (Å²) in [7, 11) is 3.72. The van der Waals surface area contributed by atoms with Crippen molar-refractivity contribution in [3.63, 3.8) is 0 Å². The number of hydrogen-bond acceptors (Lipinski definition) is 4. The minimum atomic E-state index is -4.50. The van der Waals surface area contributed by atoms with Crippen molar-refractivity contribution in [2.45, 2.75) is 25.1 Å². The van der Waals surface area contributed by atoms with Gasteiger partial charge in [-0.25, -0.2) is 4.98 Å². The first-order valence-electron chi connectivity index (χ1n) is 6.72. The van der Waals surface area contributed by atoms with Crippen LogP contribution in [0.2, 0.25) is 0 Å². The Kier molecular flexibility index (Phi) is 4.37. The lowest BCUT2D eigenvalue weighted by Gasteiger charge is -2.36. The summed E-state index contributed by atoms with van der Waals surface area (Å²) in [5.74, 6) is 0.113. The molecule has 0 radical (unpaired) electrons. The Morgan fingerprint density at radius 2 is 1.95 bits per heavy atom. The highest BCUT2D eigenvalue weighted by atomic mass is 19.4. The molecular formula is C14H17F3N4. The number of nitrogens with zero attached hydrogens (tertiary/aromatic N) is 4. The normalized spacial score (nSPS) is 17.5. The molecule has 0 bridgehead atoms. The molecule has 2 heterocycles. The monoisotopic (exact) mass is 298 g/mol. The zero-order valence-electron chi connectivity index (χ0n) is 12.0. The van der Waals surface area contributed by atoms with Crippen LogP contribution in [0.15, 0.2) is 12.1 Å². The number of hydrogen-bond donors (Lipinski definition) is 0. The van der Waals surface area contributed by atoms with E-state index in [4.69, 9.17) is 5.26 Å². The second-order valence-electron chi connectivity index (χ2n) is 5.32. The lowest BCUT2D eigenvalue weighted by atomic mass is 10.0. The smallest absolute Gasteiger partial charge is 0.355 e. The predicted molar refractivity (Wildman–Crippen MR) is 72.9 cm³/mol. The average Bonchev–Trinajstić information content (AvgIpc) is 2.45. The first kappa shape index (κ1) is 15.6. The molecule has 0 atom stereocenters. The van der Waals surface area contributed by atoms with Gasteiger partial charge in [-0.15, -0.1) is 0 Å². The predicted octanol–water partition coefficient (Wildman–Crippen LogP) is 2.50. The van der Waals surface area contributed by atoms with E-state index in [1.165, 1.54) is 6.07 Å². The largest absolute Gasteiger partial charge is 0.433 e. The van der Waals surface area contributed by atoms with Crippen molar-refractivity contribution >= 4 is 5.82 Å². The standard InChI is InChI=1S/C14H17F3N4/c1-20-7-5-11(6-8-20)21(2)13-10(9-18)3-4-12(19-13)14(15,16)17/h3-4,11H,5-8H2,1-2H3. The van der Waals surface area contributed by atoms with Crippen molar-refractivity contribution < 1.29 is 13.2 Å². The molecule has 4 nitrogen and oxygen atoms in total. The van der Waals surface area contributed by atoms with Crippen molar-refractivity contribution in [1.29, 1.82) is 5.26 Å².